The van der Waals surface area contributed by atoms with E-state index in [2.05, 4.69) is 0 Å². The predicted molar refractivity (Wildman–Crippen MR) is 58.7 cm³/mol. The molecule has 1 aromatic carbocycles. The van der Waals surface area contributed by atoms with Gasteiger partial charge in [-0.05, 0) is 26.0 Å². The molecule has 1 saturated heterocycles. The first-order valence-corrected chi connectivity index (χ1v) is 6.42. The van der Waals surface area contributed by atoms with Crippen molar-refractivity contribution in [2.45, 2.75) is 24.3 Å². The SMILES string of the molecule is Cc1ccc(S(=O)(=O)OC[C@]2(C)CO2)cc1. The molecule has 0 bridgehead atoms. The first kappa shape index (κ1) is 11.6. The zero-order chi connectivity index (χ0) is 11.8. The Morgan fingerprint density at radius 2 is 1.94 bits per heavy atom. The van der Waals surface area contributed by atoms with Gasteiger partial charge < -0.3 is 4.74 Å². The highest BCUT2D eigenvalue weighted by Gasteiger charge is 2.41. The van der Waals surface area contributed by atoms with Crippen molar-refractivity contribution in [1.82, 2.24) is 0 Å². The second-order valence-corrected chi connectivity index (χ2v) is 5.88. The van der Waals surface area contributed by atoms with Crippen LogP contribution in [0.25, 0.3) is 0 Å². The van der Waals surface area contributed by atoms with Crippen molar-refractivity contribution in [2.24, 2.45) is 0 Å². The lowest BCUT2D eigenvalue weighted by molar-refractivity contribution is 0.207. The maximum absolute atomic E-state index is 11.7. The molecule has 5 heteroatoms. The monoisotopic (exact) mass is 242 g/mol. The van der Waals surface area contributed by atoms with Gasteiger partial charge in [-0.25, -0.2) is 0 Å². The van der Waals surface area contributed by atoms with E-state index >= 15 is 0 Å². The number of aryl methyl sites for hydroxylation is 1. The normalized spacial score (nSPS) is 24.4. The van der Waals surface area contributed by atoms with Gasteiger partial charge in [0.05, 0.1) is 18.1 Å². The van der Waals surface area contributed by atoms with Gasteiger partial charge in [0.2, 0.25) is 0 Å². The van der Waals surface area contributed by atoms with Gasteiger partial charge in [0, 0.05) is 0 Å². The van der Waals surface area contributed by atoms with E-state index in [0.29, 0.717) is 6.61 Å². The zero-order valence-corrected chi connectivity index (χ0v) is 10.1. The van der Waals surface area contributed by atoms with E-state index in [-0.39, 0.29) is 11.5 Å². The molecular weight excluding hydrogens is 228 g/mol. The Balaban J connectivity index is 2.09. The molecule has 16 heavy (non-hydrogen) atoms. The van der Waals surface area contributed by atoms with E-state index < -0.39 is 15.7 Å². The molecule has 0 radical (unpaired) electrons. The van der Waals surface area contributed by atoms with Gasteiger partial charge in [-0.3, -0.25) is 4.18 Å². The van der Waals surface area contributed by atoms with Crippen molar-refractivity contribution >= 4 is 10.1 Å². The Labute approximate surface area is 95.3 Å². The van der Waals surface area contributed by atoms with Crippen LogP contribution in [-0.2, 0) is 19.0 Å². The molecule has 0 aliphatic carbocycles. The molecule has 1 atom stereocenters. The highest BCUT2D eigenvalue weighted by molar-refractivity contribution is 7.86. The van der Waals surface area contributed by atoms with E-state index in [1.165, 1.54) is 0 Å². The molecule has 4 nitrogen and oxygen atoms in total. The minimum Gasteiger partial charge on any atom is -0.367 e. The Kier molecular flexibility index (Phi) is 2.77. The molecule has 0 spiro atoms. The van der Waals surface area contributed by atoms with Gasteiger partial charge >= 0.3 is 0 Å². The Morgan fingerprint density at radius 1 is 1.38 bits per heavy atom. The molecule has 1 heterocycles. The van der Waals surface area contributed by atoms with Gasteiger partial charge in [0.1, 0.15) is 5.60 Å². The molecular formula is C11H14O4S. The lowest BCUT2D eigenvalue weighted by Crippen LogP contribution is -2.18. The molecule has 0 saturated carbocycles. The molecule has 1 aromatic rings. The van der Waals surface area contributed by atoms with Crippen molar-refractivity contribution < 1.29 is 17.3 Å². The van der Waals surface area contributed by atoms with Gasteiger partial charge in [-0.15, -0.1) is 0 Å². The van der Waals surface area contributed by atoms with Crippen LogP contribution < -0.4 is 0 Å². The molecule has 1 aliphatic heterocycles. The summed E-state index contributed by atoms with van der Waals surface area (Å²) in [5.41, 5.74) is 0.592. The number of hydrogen-bond donors (Lipinski definition) is 0. The molecule has 88 valence electrons. The van der Waals surface area contributed by atoms with Crippen LogP contribution in [0.1, 0.15) is 12.5 Å². The highest BCUT2D eigenvalue weighted by atomic mass is 32.2. The number of epoxide rings is 1. The van der Waals surface area contributed by atoms with Crippen molar-refractivity contribution in [2.75, 3.05) is 13.2 Å². The minimum absolute atomic E-state index is 0.0726. The molecule has 0 aromatic heterocycles. The molecule has 0 unspecified atom stereocenters. The third-order valence-electron chi connectivity index (χ3n) is 2.47. The number of hydrogen-bond acceptors (Lipinski definition) is 4. The molecule has 2 rings (SSSR count). The summed E-state index contributed by atoms with van der Waals surface area (Å²) >= 11 is 0. The van der Waals surface area contributed by atoms with E-state index in [0.717, 1.165) is 5.56 Å². The van der Waals surface area contributed by atoms with Crippen LogP contribution in [0.5, 0.6) is 0 Å². The fourth-order valence-corrected chi connectivity index (χ4v) is 2.19. The van der Waals surface area contributed by atoms with Crippen LogP contribution >= 0.6 is 0 Å². The van der Waals surface area contributed by atoms with E-state index in [9.17, 15) is 8.42 Å². The van der Waals surface area contributed by atoms with Crippen LogP contribution in [0.15, 0.2) is 29.2 Å². The van der Waals surface area contributed by atoms with Gasteiger partial charge in [-0.1, -0.05) is 17.7 Å². The second-order valence-electron chi connectivity index (χ2n) is 4.27. The summed E-state index contributed by atoms with van der Waals surface area (Å²) in [6, 6.07) is 6.57. The summed E-state index contributed by atoms with van der Waals surface area (Å²) < 4.78 is 33.5. The van der Waals surface area contributed by atoms with Crippen LogP contribution in [0.3, 0.4) is 0 Å². The quantitative estimate of drug-likeness (QED) is 0.593. The summed E-state index contributed by atoms with van der Waals surface area (Å²) in [6.45, 7) is 4.34. The van der Waals surface area contributed by atoms with Crippen molar-refractivity contribution in [1.29, 1.82) is 0 Å². The van der Waals surface area contributed by atoms with E-state index in [1.54, 1.807) is 24.3 Å². The highest BCUT2D eigenvalue weighted by Crippen LogP contribution is 2.27. The lowest BCUT2D eigenvalue weighted by Gasteiger charge is -2.07. The predicted octanol–water partition coefficient (Wildman–Crippen LogP) is 1.49. The summed E-state index contributed by atoms with van der Waals surface area (Å²) in [7, 11) is -3.65. The first-order chi connectivity index (χ1) is 7.41. The third kappa shape index (κ3) is 2.61. The van der Waals surface area contributed by atoms with E-state index in [4.69, 9.17) is 8.92 Å². The van der Waals surface area contributed by atoms with Gasteiger partial charge in [0.25, 0.3) is 10.1 Å². The summed E-state index contributed by atoms with van der Waals surface area (Å²) in [4.78, 5) is 0.183. The summed E-state index contributed by atoms with van der Waals surface area (Å²) in [5, 5.41) is 0. The Morgan fingerprint density at radius 3 is 2.44 bits per heavy atom. The average molecular weight is 242 g/mol. The third-order valence-corrected chi connectivity index (χ3v) is 3.74. The van der Waals surface area contributed by atoms with Crippen LogP contribution in [0.4, 0.5) is 0 Å². The minimum atomic E-state index is -3.65. The summed E-state index contributed by atoms with van der Waals surface area (Å²) in [5.74, 6) is 0. The fourth-order valence-electron chi connectivity index (χ4n) is 1.18. The zero-order valence-electron chi connectivity index (χ0n) is 9.26. The van der Waals surface area contributed by atoms with Crippen LogP contribution in [0.2, 0.25) is 0 Å². The maximum Gasteiger partial charge on any atom is 0.297 e. The average Bonchev–Trinajstić information content (AvgIpc) is 2.96. The van der Waals surface area contributed by atoms with E-state index in [1.807, 2.05) is 13.8 Å². The topological polar surface area (TPSA) is 55.9 Å². The second kappa shape index (κ2) is 3.84. The number of rotatable bonds is 4. The van der Waals surface area contributed by atoms with Crippen LogP contribution in [0, 0.1) is 6.92 Å². The van der Waals surface area contributed by atoms with Crippen molar-refractivity contribution in [3.05, 3.63) is 29.8 Å². The van der Waals surface area contributed by atoms with Gasteiger partial charge in [-0.2, -0.15) is 8.42 Å². The maximum atomic E-state index is 11.7. The summed E-state index contributed by atoms with van der Waals surface area (Å²) in [6.07, 6.45) is 0. The smallest absolute Gasteiger partial charge is 0.297 e. The van der Waals surface area contributed by atoms with Gasteiger partial charge in [0.15, 0.2) is 0 Å². The number of benzene rings is 1. The first-order valence-electron chi connectivity index (χ1n) is 5.01. The fraction of sp³-hybridized carbons (Fsp3) is 0.455. The number of ether oxygens (including phenoxy) is 1. The molecule has 0 N–H and O–H groups in total. The molecule has 0 amide bonds. The largest absolute Gasteiger partial charge is 0.367 e. The molecule has 1 fully saturated rings. The Bertz CT molecular complexity index is 471. The lowest BCUT2D eigenvalue weighted by atomic mass is 10.2. The van der Waals surface area contributed by atoms with Crippen molar-refractivity contribution in [3.8, 4) is 0 Å². The van der Waals surface area contributed by atoms with Crippen LogP contribution in [-0.4, -0.2) is 27.2 Å². The Hall–Kier alpha value is -0.910. The molecule has 1 aliphatic rings. The van der Waals surface area contributed by atoms with Crippen molar-refractivity contribution in [3.63, 3.8) is 0 Å². The standard InChI is InChI=1S/C11H14O4S/c1-9-3-5-10(6-4-9)16(12,13)15-8-11(2)7-14-11/h3-6H,7-8H2,1-2H3/t11-/m0/s1.